The van der Waals surface area contributed by atoms with Gasteiger partial charge in [0, 0.05) is 22.4 Å². The van der Waals surface area contributed by atoms with E-state index in [1.165, 1.54) is 0 Å². The fourth-order valence-corrected chi connectivity index (χ4v) is 7.67. The fraction of sp³-hybridized carbons (Fsp3) is 0.200. The monoisotopic (exact) mass is 667 g/mol. The molecule has 0 saturated carbocycles. The highest BCUT2D eigenvalue weighted by Gasteiger charge is 2.41. The van der Waals surface area contributed by atoms with Gasteiger partial charge in [-0.3, -0.25) is 4.79 Å². The predicted molar refractivity (Wildman–Crippen MR) is 194 cm³/mol. The molecular weight excluding hydrogens is 631 g/mol. The SMILES string of the molecule is CC(C)(C)OC(=O)NC1CCSc2cc(C(=O)Nc3ccnc4c3cnn4C(c3ccccc3)(c3ccccc3)c3ccccc3)ccc21. The van der Waals surface area contributed by atoms with E-state index in [0.29, 0.717) is 16.9 Å². The highest BCUT2D eigenvalue weighted by Crippen LogP contribution is 2.42. The first-order valence-corrected chi connectivity index (χ1v) is 17.3. The number of carbonyl (C=O) groups excluding carboxylic acids is 2. The number of nitrogens with one attached hydrogen (secondary N) is 2. The summed E-state index contributed by atoms with van der Waals surface area (Å²) >= 11 is 1.68. The highest BCUT2D eigenvalue weighted by atomic mass is 32.2. The summed E-state index contributed by atoms with van der Waals surface area (Å²) in [5.41, 5.74) is 4.39. The standard InChI is InChI=1S/C40H37N5O3S/c1-39(2,3)48-38(47)44-34-22-24-49-35-25-27(19-20-31(34)35)37(46)43-33-21-23-41-36-32(33)26-42-45(36)40(28-13-7-4-8-14-28,29-15-9-5-10-16-29)30-17-11-6-12-18-30/h4-21,23,25-26,34H,22,24H2,1-3H3,(H,44,47)(H,41,43,46). The maximum Gasteiger partial charge on any atom is 0.408 e. The predicted octanol–water partition coefficient (Wildman–Crippen LogP) is 8.59. The molecule has 2 N–H and O–H groups in total. The van der Waals surface area contributed by atoms with Crippen molar-refractivity contribution < 1.29 is 14.3 Å². The number of fused-ring (bicyclic) bond motifs is 2. The lowest BCUT2D eigenvalue weighted by Gasteiger charge is -2.36. The number of carbonyl (C=O) groups is 2. The first kappa shape index (κ1) is 32.2. The number of thioether (sulfide) groups is 1. The van der Waals surface area contributed by atoms with Crippen LogP contribution < -0.4 is 10.6 Å². The lowest BCUT2D eigenvalue weighted by atomic mass is 9.77. The molecule has 4 aromatic carbocycles. The lowest BCUT2D eigenvalue weighted by molar-refractivity contribution is 0.0501. The average Bonchev–Trinajstić information content (AvgIpc) is 3.54. The number of hydrogen-bond acceptors (Lipinski definition) is 6. The summed E-state index contributed by atoms with van der Waals surface area (Å²) in [6.45, 7) is 5.53. The van der Waals surface area contributed by atoms with E-state index >= 15 is 0 Å². The zero-order chi connectivity index (χ0) is 34.0. The topological polar surface area (TPSA) is 98.1 Å². The van der Waals surface area contributed by atoms with E-state index in [4.69, 9.17) is 14.8 Å². The van der Waals surface area contributed by atoms with Crippen molar-refractivity contribution in [1.82, 2.24) is 20.1 Å². The molecule has 0 aliphatic carbocycles. The van der Waals surface area contributed by atoms with E-state index < -0.39 is 17.2 Å². The molecular formula is C40H37N5O3S. The number of ether oxygens (including phenoxy) is 1. The molecule has 0 spiro atoms. The number of pyridine rings is 1. The molecule has 0 saturated heterocycles. The fourth-order valence-electron chi connectivity index (χ4n) is 6.51. The van der Waals surface area contributed by atoms with E-state index in [1.807, 2.05) is 92.2 Å². The van der Waals surface area contributed by atoms with Gasteiger partial charge >= 0.3 is 6.09 Å². The Hall–Kier alpha value is -5.41. The van der Waals surface area contributed by atoms with Crippen LogP contribution in [0, 0.1) is 0 Å². The molecule has 2 aromatic heterocycles. The number of anilines is 1. The molecule has 1 aliphatic rings. The molecule has 1 aliphatic heterocycles. The third-order valence-corrected chi connectivity index (χ3v) is 9.72. The Labute approximate surface area is 289 Å². The van der Waals surface area contributed by atoms with Gasteiger partial charge in [0.05, 0.1) is 23.3 Å². The van der Waals surface area contributed by atoms with Crippen molar-refractivity contribution >= 4 is 40.5 Å². The van der Waals surface area contributed by atoms with Gasteiger partial charge in [-0.05, 0) is 67.6 Å². The third-order valence-electron chi connectivity index (χ3n) is 8.62. The molecule has 2 amide bonds. The molecule has 1 atom stereocenters. The minimum atomic E-state index is -0.846. The summed E-state index contributed by atoms with van der Waals surface area (Å²) < 4.78 is 7.45. The molecule has 246 valence electrons. The Morgan fingerprint density at radius 1 is 0.837 bits per heavy atom. The Balaban J connectivity index is 1.25. The maximum atomic E-state index is 13.8. The minimum absolute atomic E-state index is 0.187. The Morgan fingerprint density at radius 2 is 1.45 bits per heavy atom. The zero-order valence-electron chi connectivity index (χ0n) is 27.6. The number of hydrogen-bond donors (Lipinski definition) is 2. The van der Waals surface area contributed by atoms with Crippen molar-refractivity contribution in [2.75, 3.05) is 11.1 Å². The van der Waals surface area contributed by atoms with Gasteiger partial charge in [-0.2, -0.15) is 5.10 Å². The van der Waals surface area contributed by atoms with Crippen LogP contribution in [0.15, 0.2) is 133 Å². The quantitative estimate of drug-likeness (QED) is 0.166. The molecule has 49 heavy (non-hydrogen) atoms. The van der Waals surface area contributed by atoms with Gasteiger partial charge in [0.25, 0.3) is 5.91 Å². The molecule has 8 nitrogen and oxygen atoms in total. The van der Waals surface area contributed by atoms with E-state index in [2.05, 4.69) is 47.0 Å². The van der Waals surface area contributed by atoms with Gasteiger partial charge in [0.2, 0.25) is 0 Å². The minimum Gasteiger partial charge on any atom is -0.444 e. The summed E-state index contributed by atoms with van der Waals surface area (Å²) in [5, 5.41) is 11.9. The highest BCUT2D eigenvalue weighted by molar-refractivity contribution is 7.99. The summed E-state index contributed by atoms with van der Waals surface area (Å²) in [7, 11) is 0. The Morgan fingerprint density at radius 3 is 2.04 bits per heavy atom. The third kappa shape index (κ3) is 6.29. The van der Waals surface area contributed by atoms with Crippen LogP contribution in [0.4, 0.5) is 10.5 Å². The van der Waals surface area contributed by atoms with Crippen LogP contribution in [0.5, 0.6) is 0 Å². The van der Waals surface area contributed by atoms with Gasteiger partial charge in [-0.25, -0.2) is 14.5 Å². The second kappa shape index (κ2) is 13.2. The molecule has 0 bridgehead atoms. The van der Waals surface area contributed by atoms with Crippen LogP contribution in [0.2, 0.25) is 0 Å². The largest absolute Gasteiger partial charge is 0.444 e. The van der Waals surface area contributed by atoms with Crippen LogP contribution in [0.3, 0.4) is 0 Å². The van der Waals surface area contributed by atoms with Crippen molar-refractivity contribution in [3.63, 3.8) is 0 Å². The molecule has 7 rings (SSSR count). The number of amides is 2. The Bertz CT molecular complexity index is 2010. The van der Waals surface area contributed by atoms with Crippen LogP contribution in [0.1, 0.15) is 65.8 Å². The van der Waals surface area contributed by atoms with E-state index in [1.54, 1.807) is 36.3 Å². The molecule has 0 fully saturated rings. The van der Waals surface area contributed by atoms with Crippen LogP contribution in [0.25, 0.3) is 11.0 Å². The maximum absolute atomic E-state index is 13.8. The molecule has 3 heterocycles. The lowest BCUT2D eigenvalue weighted by Crippen LogP contribution is -2.38. The molecule has 1 unspecified atom stereocenters. The van der Waals surface area contributed by atoms with E-state index in [9.17, 15) is 9.59 Å². The Kier molecular flexibility index (Phi) is 8.69. The number of rotatable bonds is 7. The molecule has 6 aromatic rings. The van der Waals surface area contributed by atoms with Gasteiger partial charge in [-0.1, -0.05) is 97.1 Å². The van der Waals surface area contributed by atoms with Gasteiger partial charge in [0.15, 0.2) is 5.65 Å². The summed E-state index contributed by atoms with van der Waals surface area (Å²) in [4.78, 5) is 32.1. The van der Waals surface area contributed by atoms with Crippen molar-refractivity contribution in [3.05, 3.63) is 155 Å². The summed E-state index contributed by atoms with van der Waals surface area (Å²) in [6.07, 6.45) is 3.81. The van der Waals surface area contributed by atoms with Crippen LogP contribution in [-0.4, -0.2) is 38.1 Å². The van der Waals surface area contributed by atoms with Gasteiger partial charge in [-0.15, -0.1) is 11.8 Å². The van der Waals surface area contributed by atoms with Crippen molar-refractivity contribution in [2.24, 2.45) is 0 Å². The first-order chi connectivity index (χ1) is 23.7. The number of aromatic nitrogens is 3. The van der Waals surface area contributed by atoms with Crippen molar-refractivity contribution in [2.45, 2.75) is 49.3 Å². The first-order valence-electron chi connectivity index (χ1n) is 16.3. The summed E-state index contributed by atoms with van der Waals surface area (Å²) in [5.74, 6) is 0.570. The number of benzene rings is 4. The van der Waals surface area contributed by atoms with E-state index in [0.717, 1.165) is 44.7 Å². The van der Waals surface area contributed by atoms with Gasteiger partial charge in [0.1, 0.15) is 11.1 Å². The van der Waals surface area contributed by atoms with E-state index in [-0.39, 0.29) is 11.9 Å². The molecule has 9 heteroatoms. The number of alkyl carbamates (subject to hydrolysis) is 1. The van der Waals surface area contributed by atoms with Crippen LogP contribution in [-0.2, 0) is 10.3 Å². The second-order valence-corrected chi connectivity index (χ2v) is 14.1. The molecule has 0 radical (unpaired) electrons. The average molecular weight is 668 g/mol. The van der Waals surface area contributed by atoms with Crippen molar-refractivity contribution in [1.29, 1.82) is 0 Å². The van der Waals surface area contributed by atoms with Gasteiger partial charge < -0.3 is 15.4 Å². The smallest absolute Gasteiger partial charge is 0.408 e. The normalized spacial score (nSPS) is 14.6. The summed E-state index contributed by atoms with van der Waals surface area (Å²) in [6, 6.07) is 38.1. The number of nitrogens with zero attached hydrogens (tertiary/aromatic N) is 3. The second-order valence-electron chi connectivity index (χ2n) is 13.0. The van der Waals surface area contributed by atoms with Crippen molar-refractivity contribution in [3.8, 4) is 0 Å². The zero-order valence-corrected chi connectivity index (χ0v) is 28.4. The van der Waals surface area contributed by atoms with Crippen LogP contribution >= 0.6 is 11.8 Å².